The van der Waals surface area contributed by atoms with Crippen LogP contribution in [0.3, 0.4) is 0 Å². The Kier molecular flexibility index (Phi) is 5.28. The van der Waals surface area contributed by atoms with E-state index in [9.17, 15) is 10.2 Å². The zero-order valence-corrected chi connectivity index (χ0v) is 10.0. The van der Waals surface area contributed by atoms with E-state index >= 15 is 0 Å². The van der Waals surface area contributed by atoms with Gasteiger partial charge in [-0.2, -0.15) is 11.8 Å². The Morgan fingerprint density at radius 3 is 2.62 bits per heavy atom. The van der Waals surface area contributed by atoms with Gasteiger partial charge in [0, 0.05) is 12.1 Å². The van der Waals surface area contributed by atoms with Crippen LogP contribution in [0.4, 0.5) is 0 Å². The number of aromatic hydroxyl groups is 3. The van der Waals surface area contributed by atoms with E-state index in [1.165, 1.54) is 6.07 Å². The van der Waals surface area contributed by atoms with Crippen LogP contribution < -0.4 is 5.32 Å². The van der Waals surface area contributed by atoms with Crippen molar-refractivity contribution in [3.05, 3.63) is 17.7 Å². The molecule has 90 valence electrons. The van der Waals surface area contributed by atoms with Crippen molar-refractivity contribution in [1.82, 2.24) is 5.32 Å². The van der Waals surface area contributed by atoms with E-state index in [1.807, 2.05) is 0 Å². The van der Waals surface area contributed by atoms with Gasteiger partial charge in [-0.3, -0.25) is 0 Å². The van der Waals surface area contributed by atoms with Gasteiger partial charge in [-0.15, -0.1) is 0 Å². The largest absolute Gasteiger partial charge is 0.504 e. The van der Waals surface area contributed by atoms with Crippen LogP contribution in [0.1, 0.15) is 12.0 Å². The summed E-state index contributed by atoms with van der Waals surface area (Å²) in [6.07, 6.45) is 3.12. The van der Waals surface area contributed by atoms with E-state index in [4.69, 9.17) is 5.11 Å². The summed E-state index contributed by atoms with van der Waals surface area (Å²) in [6.45, 7) is 1.34. The van der Waals surface area contributed by atoms with Crippen molar-refractivity contribution < 1.29 is 15.3 Å². The fourth-order valence-corrected chi connectivity index (χ4v) is 1.75. The molecule has 0 saturated carbocycles. The summed E-state index contributed by atoms with van der Waals surface area (Å²) in [5.74, 6) is 0.0872. The molecular formula is C11H17NO3S. The summed E-state index contributed by atoms with van der Waals surface area (Å²) in [7, 11) is 0. The average Bonchev–Trinajstić information content (AvgIpc) is 2.28. The summed E-state index contributed by atoms with van der Waals surface area (Å²) < 4.78 is 0. The first-order valence-electron chi connectivity index (χ1n) is 5.09. The maximum absolute atomic E-state index is 9.53. The number of hydrogen-bond acceptors (Lipinski definition) is 5. The van der Waals surface area contributed by atoms with Gasteiger partial charge in [-0.05, 0) is 31.0 Å². The number of nitrogens with one attached hydrogen (secondary N) is 1. The van der Waals surface area contributed by atoms with Crippen molar-refractivity contribution in [2.75, 3.05) is 18.6 Å². The zero-order chi connectivity index (χ0) is 12.0. The fourth-order valence-electron chi connectivity index (χ4n) is 1.32. The molecule has 1 aromatic carbocycles. The molecule has 0 heterocycles. The molecular weight excluding hydrogens is 226 g/mol. The molecule has 5 heteroatoms. The van der Waals surface area contributed by atoms with Gasteiger partial charge in [-0.25, -0.2) is 0 Å². The van der Waals surface area contributed by atoms with Crippen molar-refractivity contribution in [3.63, 3.8) is 0 Å². The number of hydrogen-bond donors (Lipinski definition) is 4. The van der Waals surface area contributed by atoms with Gasteiger partial charge in [-0.1, -0.05) is 6.07 Å². The van der Waals surface area contributed by atoms with E-state index in [0.717, 1.165) is 18.7 Å². The first-order valence-corrected chi connectivity index (χ1v) is 6.48. The number of phenolic OH excluding ortho intramolecular Hbond substituents is 3. The summed E-state index contributed by atoms with van der Waals surface area (Å²) in [5, 5.41) is 31.1. The molecule has 0 aliphatic heterocycles. The highest BCUT2D eigenvalue weighted by molar-refractivity contribution is 7.98. The van der Waals surface area contributed by atoms with Crippen LogP contribution in [0.5, 0.6) is 17.2 Å². The minimum atomic E-state index is -0.455. The smallest absolute Gasteiger partial charge is 0.200 e. The standard InChI is InChI=1S/C11H17NO3S/c1-16-6-2-5-12-7-8-3-4-9(13)11(15)10(8)14/h3-4,12-15H,2,5-7H2,1H3. The maximum Gasteiger partial charge on any atom is 0.200 e. The van der Waals surface area contributed by atoms with Gasteiger partial charge in [0.25, 0.3) is 0 Å². The molecule has 0 bridgehead atoms. The quantitative estimate of drug-likeness (QED) is 0.451. The molecule has 0 fully saturated rings. The van der Waals surface area contributed by atoms with Crippen LogP contribution in [0.15, 0.2) is 12.1 Å². The Balaban J connectivity index is 2.45. The highest BCUT2D eigenvalue weighted by Crippen LogP contribution is 2.36. The van der Waals surface area contributed by atoms with Crippen LogP contribution >= 0.6 is 11.8 Å². The van der Waals surface area contributed by atoms with E-state index in [0.29, 0.717) is 12.1 Å². The van der Waals surface area contributed by atoms with Crippen molar-refractivity contribution in [1.29, 1.82) is 0 Å². The van der Waals surface area contributed by atoms with Gasteiger partial charge in [0.05, 0.1) is 0 Å². The second kappa shape index (κ2) is 6.50. The Bertz CT molecular complexity index is 344. The molecule has 16 heavy (non-hydrogen) atoms. The highest BCUT2D eigenvalue weighted by atomic mass is 32.2. The third kappa shape index (κ3) is 3.50. The summed E-state index contributed by atoms with van der Waals surface area (Å²) in [4.78, 5) is 0. The molecule has 4 nitrogen and oxygen atoms in total. The molecule has 4 N–H and O–H groups in total. The second-order valence-corrected chi connectivity index (χ2v) is 4.45. The fraction of sp³-hybridized carbons (Fsp3) is 0.455. The molecule has 0 amide bonds. The van der Waals surface area contributed by atoms with Crippen molar-refractivity contribution in [2.24, 2.45) is 0 Å². The Hall–Kier alpha value is -1.07. The molecule has 0 aliphatic rings. The number of benzene rings is 1. The van der Waals surface area contributed by atoms with E-state index in [2.05, 4.69) is 11.6 Å². The van der Waals surface area contributed by atoms with Crippen molar-refractivity contribution in [3.8, 4) is 17.2 Å². The van der Waals surface area contributed by atoms with Gasteiger partial charge < -0.3 is 20.6 Å². The number of phenols is 3. The predicted octanol–water partition coefficient (Wildman–Crippen LogP) is 1.65. The second-order valence-electron chi connectivity index (χ2n) is 3.46. The Morgan fingerprint density at radius 1 is 1.19 bits per heavy atom. The van der Waals surface area contributed by atoms with Crippen molar-refractivity contribution in [2.45, 2.75) is 13.0 Å². The molecule has 0 radical (unpaired) electrons. The first-order chi connectivity index (χ1) is 7.66. The molecule has 1 rings (SSSR count). The van der Waals surface area contributed by atoms with Crippen molar-refractivity contribution >= 4 is 11.8 Å². The summed E-state index contributed by atoms with van der Waals surface area (Å²) >= 11 is 1.79. The highest BCUT2D eigenvalue weighted by Gasteiger charge is 2.09. The summed E-state index contributed by atoms with van der Waals surface area (Å²) in [6, 6.07) is 2.96. The molecule has 0 spiro atoms. The number of rotatable bonds is 6. The van der Waals surface area contributed by atoms with E-state index in [-0.39, 0.29) is 11.5 Å². The van der Waals surface area contributed by atoms with Crippen LogP contribution in [-0.4, -0.2) is 33.9 Å². The molecule has 0 aliphatic carbocycles. The SMILES string of the molecule is CSCCCNCc1ccc(O)c(O)c1O. The van der Waals surface area contributed by atoms with Gasteiger partial charge in [0.2, 0.25) is 5.75 Å². The van der Waals surface area contributed by atoms with Crippen LogP contribution in [0.25, 0.3) is 0 Å². The monoisotopic (exact) mass is 243 g/mol. The maximum atomic E-state index is 9.53. The molecule has 0 atom stereocenters. The Morgan fingerprint density at radius 2 is 1.94 bits per heavy atom. The third-order valence-electron chi connectivity index (χ3n) is 2.23. The van der Waals surface area contributed by atoms with Crippen LogP contribution in [0, 0.1) is 0 Å². The topological polar surface area (TPSA) is 72.7 Å². The van der Waals surface area contributed by atoms with E-state index < -0.39 is 5.75 Å². The van der Waals surface area contributed by atoms with Crippen LogP contribution in [0.2, 0.25) is 0 Å². The molecule has 0 unspecified atom stereocenters. The lowest BCUT2D eigenvalue weighted by atomic mass is 10.1. The molecule has 0 aromatic heterocycles. The minimum absolute atomic E-state index is 0.252. The van der Waals surface area contributed by atoms with E-state index in [1.54, 1.807) is 17.8 Å². The van der Waals surface area contributed by atoms with Gasteiger partial charge in [0.15, 0.2) is 11.5 Å². The summed E-state index contributed by atoms with van der Waals surface area (Å²) in [5.41, 5.74) is 0.583. The predicted molar refractivity (Wildman–Crippen MR) is 66.1 cm³/mol. The third-order valence-corrected chi connectivity index (χ3v) is 2.93. The Labute approximate surface area is 99.3 Å². The lowest BCUT2D eigenvalue weighted by Gasteiger charge is -2.08. The number of thioether (sulfide) groups is 1. The first kappa shape index (κ1) is 13.0. The van der Waals surface area contributed by atoms with Gasteiger partial charge >= 0.3 is 0 Å². The average molecular weight is 243 g/mol. The zero-order valence-electron chi connectivity index (χ0n) is 9.23. The van der Waals surface area contributed by atoms with Gasteiger partial charge in [0.1, 0.15) is 0 Å². The lowest BCUT2D eigenvalue weighted by molar-refractivity contribution is 0.364. The minimum Gasteiger partial charge on any atom is -0.504 e. The van der Waals surface area contributed by atoms with Crippen LogP contribution in [-0.2, 0) is 6.54 Å². The normalized spacial score (nSPS) is 10.6. The molecule has 0 saturated heterocycles. The lowest BCUT2D eigenvalue weighted by Crippen LogP contribution is -2.15. The molecule has 1 aromatic rings.